The summed E-state index contributed by atoms with van der Waals surface area (Å²) in [6, 6.07) is 0. The quantitative estimate of drug-likeness (QED) is 0.457. The van der Waals surface area contributed by atoms with E-state index in [1.807, 2.05) is 0 Å². The van der Waals surface area contributed by atoms with Crippen LogP contribution in [0.3, 0.4) is 0 Å². The minimum atomic E-state index is -0.221. The van der Waals surface area contributed by atoms with Gasteiger partial charge in [0.05, 0.1) is 4.75 Å². The van der Waals surface area contributed by atoms with E-state index in [9.17, 15) is 4.79 Å². The number of halogens is 1. The molecule has 1 heterocycles. The molecular formula is C6H9ClOS. The Morgan fingerprint density at radius 2 is 2.56 bits per heavy atom. The Hall–Kier alpha value is 0.310. The Labute approximate surface area is 64.1 Å². The Balaban J connectivity index is 2.55. The van der Waals surface area contributed by atoms with Crippen molar-refractivity contribution in [2.75, 3.05) is 11.6 Å². The molecule has 0 saturated carbocycles. The van der Waals surface area contributed by atoms with E-state index < -0.39 is 0 Å². The standard InChI is InChI=1S/C6H9ClOS/c7-4-6(5-8)2-1-3-9-6/h5H,1-4H2. The highest BCUT2D eigenvalue weighted by Crippen LogP contribution is 2.37. The number of hydrogen-bond acceptors (Lipinski definition) is 2. The molecule has 1 unspecified atom stereocenters. The van der Waals surface area contributed by atoms with Gasteiger partial charge < -0.3 is 4.79 Å². The van der Waals surface area contributed by atoms with Gasteiger partial charge in [0.1, 0.15) is 6.29 Å². The first-order chi connectivity index (χ1) is 4.33. The molecule has 0 N–H and O–H groups in total. The number of alkyl halides is 1. The highest BCUT2D eigenvalue weighted by Gasteiger charge is 2.33. The summed E-state index contributed by atoms with van der Waals surface area (Å²) in [4.78, 5) is 10.5. The molecule has 1 rings (SSSR count). The van der Waals surface area contributed by atoms with Crippen molar-refractivity contribution in [1.82, 2.24) is 0 Å². The fourth-order valence-corrected chi connectivity index (χ4v) is 2.51. The van der Waals surface area contributed by atoms with Gasteiger partial charge in [0.2, 0.25) is 0 Å². The SMILES string of the molecule is O=CC1(CCl)CCCS1. The molecule has 0 radical (unpaired) electrons. The zero-order valence-corrected chi connectivity index (χ0v) is 6.67. The number of hydrogen-bond donors (Lipinski definition) is 0. The lowest BCUT2D eigenvalue weighted by Crippen LogP contribution is -2.24. The molecule has 1 atom stereocenters. The van der Waals surface area contributed by atoms with E-state index in [1.165, 1.54) is 0 Å². The van der Waals surface area contributed by atoms with E-state index in [4.69, 9.17) is 11.6 Å². The van der Waals surface area contributed by atoms with Crippen LogP contribution in [0.25, 0.3) is 0 Å². The van der Waals surface area contributed by atoms with Crippen molar-refractivity contribution in [2.24, 2.45) is 0 Å². The van der Waals surface area contributed by atoms with Gasteiger partial charge in [-0.15, -0.1) is 23.4 Å². The van der Waals surface area contributed by atoms with E-state index in [2.05, 4.69) is 0 Å². The maximum atomic E-state index is 10.5. The predicted octanol–water partition coefficient (Wildman–Crippen LogP) is 1.69. The van der Waals surface area contributed by atoms with Crippen molar-refractivity contribution >= 4 is 29.6 Å². The summed E-state index contributed by atoms with van der Waals surface area (Å²) in [5.41, 5.74) is 0. The van der Waals surface area contributed by atoms with Crippen molar-refractivity contribution in [2.45, 2.75) is 17.6 Å². The number of rotatable bonds is 2. The summed E-state index contributed by atoms with van der Waals surface area (Å²) in [5.74, 6) is 1.56. The summed E-state index contributed by atoms with van der Waals surface area (Å²) in [6.45, 7) is 0. The molecule has 0 bridgehead atoms. The van der Waals surface area contributed by atoms with Crippen LogP contribution in [0.2, 0.25) is 0 Å². The van der Waals surface area contributed by atoms with Crippen LogP contribution in [0.1, 0.15) is 12.8 Å². The van der Waals surface area contributed by atoms with Gasteiger partial charge in [-0.1, -0.05) is 0 Å². The van der Waals surface area contributed by atoms with E-state index in [0.29, 0.717) is 5.88 Å². The van der Waals surface area contributed by atoms with Crippen LogP contribution >= 0.6 is 23.4 Å². The maximum absolute atomic E-state index is 10.5. The van der Waals surface area contributed by atoms with Gasteiger partial charge in [-0.2, -0.15) is 0 Å². The van der Waals surface area contributed by atoms with Gasteiger partial charge >= 0.3 is 0 Å². The largest absolute Gasteiger partial charge is 0.302 e. The Kier molecular flexibility index (Phi) is 2.42. The zero-order chi connectivity index (χ0) is 6.74. The molecule has 1 nitrogen and oxygen atoms in total. The fraction of sp³-hybridized carbons (Fsp3) is 0.833. The summed E-state index contributed by atoms with van der Waals surface area (Å²) in [6.07, 6.45) is 3.10. The van der Waals surface area contributed by atoms with Crippen molar-refractivity contribution in [1.29, 1.82) is 0 Å². The van der Waals surface area contributed by atoms with Crippen molar-refractivity contribution in [3.8, 4) is 0 Å². The lowest BCUT2D eigenvalue weighted by atomic mass is 10.1. The summed E-state index contributed by atoms with van der Waals surface area (Å²) < 4.78 is -0.221. The van der Waals surface area contributed by atoms with E-state index >= 15 is 0 Å². The Morgan fingerprint density at radius 1 is 1.78 bits per heavy atom. The van der Waals surface area contributed by atoms with Crippen molar-refractivity contribution in [3.05, 3.63) is 0 Å². The highest BCUT2D eigenvalue weighted by atomic mass is 35.5. The monoisotopic (exact) mass is 164 g/mol. The average Bonchev–Trinajstić information content (AvgIpc) is 2.36. The topological polar surface area (TPSA) is 17.1 Å². The number of thioether (sulfide) groups is 1. The normalized spacial score (nSPS) is 34.8. The van der Waals surface area contributed by atoms with E-state index in [0.717, 1.165) is 24.9 Å². The van der Waals surface area contributed by atoms with Gasteiger partial charge in [-0.3, -0.25) is 0 Å². The molecule has 0 aliphatic carbocycles. The minimum absolute atomic E-state index is 0.221. The molecular weight excluding hydrogens is 156 g/mol. The molecule has 0 aromatic carbocycles. The lowest BCUT2D eigenvalue weighted by molar-refractivity contribution is -0.109. The van der Waals surface area contributed by atoms with Crippen molar-refractivity contribution in [3.63, 3.8) is 0 Å². The molecule has 1 aliphatic heterocycles. The maximum Gasteiger partial charge on any atom is 0.137 e. The van der Waals surface area contributed by atoms with Crippen LogP contribution in [0, 0.1) is 0 Å². The molecule has 1 fully saturated rings. The second-order valence-corrected chi connectivity index (χ2v) is 4.05. The first-order valence-electron chi connectivity index (χ1n) is 2.99. The minimum Gasteiger partial charge on any atom is -0.302 e. The van der Waals surface area contributed by atoms with Crippen LogP contribution < -0.4 is 0 Å². The second-order valence-electron chi connectivity index (χ2n) is 2.27. The van der Waals surface area contributed by atoms with Gasteiger partial charge in [-0.25, -0.2) is 0 Å². The van der Waals surface area contributed by atoms with Crippen molar-refractivity contribution < 1.29 is 4.79 Å². The fourth-order valence-electron chi connectivity index (χ4n) is 0.949. The van der Waals surface area contributed by atoms with Crippen LogP contribution in [0.5, 0.6) is 0 Å². The highest BCUT2D eigenvalue weighted by molar-refractivity contribution is 8.01. The molecule has 0 spiro atoms. The summed E-state index contributed by atoms with van der Waals surface area (Å²) >= 11 is 7.30. The van der Waals surface area contributed by atoms with Crippen LogP contribution in [0.15, 0.2) is 0 Å². The predicted molar refractivity (Wildman–Crippen MR) is 41.2 cm³/mol. The first kappa shape index (κ1) is 7.42. The van der Waals surface area contributed by atoms with E-state index in [1.54, 1.807) is 11.8 Å². The third-order valence-electron chi connectivity index (χ3n) is 1.57. The molecule has 0 aromatic heterocycles. The summed E-state index contributed by atoms with van der Waals surface area (Å²) in [5, 5.41) is 0. The first-order valence-corrected chi connectivity index (χ1v) is 4.51. The summed E-state index contributed by atoms with van der Waals surface area (Å²) in [7, 11) is 0. The third kappa shape index (κ3) is 1.41. The average molecular weight is 165 g/mol. The Bertz CT molecular complexity index is 110. The van der Waals surface area contributed by atoms with Crippen LogP contribution in [-0.2, 0) is 4.79 Å². The van der Waals surface area contributed by atoms with Gasteiger partial charge in [0.15, 0.2) is 0 Å². The molecule has 0 amide bonds. The lowest BCUT2D eigenvalue weighted by Gasteiger charge is -2.15. The van der Waals surface area contributed by atoms with Crippen LogP contribution in [0.4, 0.5) is 0 Å². The molecule has 52 valence electrons. The zero-order valence-electron chi connectivity index (χ0n) is 5.10. The second kappa shape index (κ2) is 2.93. The van der Waals surface area contributed by atoms with Gasteiger partial charge in [-0.05, 0) is 18.6 Å². The Morgan fingerprint density at radius 3 is 2.78 bits per heavy atom. The smallest absolute Gasteiger partial charge is 0.137 e. The molecule has 3 heteroatoms. The van der Waals surface area contributed by atoms with Gasteiger partial charge in [0, 0.05) is 5.88 Å². The number of aldehydes is 1. The molecule has 1 aliphatic rings. The molecule has 0 aromatic rings. The van der Waals surface area contributed by atoms with E-state index in [-0.39, 0.29) is 4.75 Å². The number of carbonyl (C=O) groups excluding carboxylic acids is 1. The van der Waals surface area contributed by atoms with Gasteiger partial charge in [0.25, 0.3) is 0 Å². The molecule has 1 saturated heterocycles. The molecule has 9 heavy (non-hydrogen) atoms. The number of carbonyl (C=O) groups is 1. The van der Waals surface area contributed by atoms with Crippen LogP contribution in [-0.4, -0.2) is 22.7 Å². The third-order valence-corrected chi connectivity index (χ3v) is 3.72.